The number of hydrogen-bond donors (Lipinski definition) is 1. The molecule has 4 aromatic rings. The number of nitrogens with one attached hydrogen (secondary N) is 1. The highest BCUT2D eigenvalue weighted by molar-refractivity contribution is 5.95. The van der Waals surface area contributed by atoms with Crippen LogP contribution in [-0.4, -0.2) is 44.6 Å². The van der Waals surface area contributed by atoms with Crippen LogP contribution in [0.25, 0.3) is 17.2 Å². The number of hydrogen-bond acceptors (Lipinski definition) is 7. The summed E-state index contributed by atoms with van der Waals surface area (Å²) in [6.07, 6.45) is 3.56. The highest BCUT2D eigenvalue weighted by Crippen LogP contribution is 2.42. The molecule has 5 rings (SSSR count). The van der Waals surface area contributed by atoms with Crippen molar-refractivity contribution in [1.29, 1.82) is 0 Å². The molecule has 1 atom stereocenters. The first-order chi connectivity index (χ1) is 17.5. The molecule has 2 aromatic heterocycles. The van der Waals surface area contributed by atoms with Crippen LogP contribution < -0.4 is 14.8 Å². The van der Waals surface area contributed by atoms with Gasteiger partial charge in [0.25, 0.3) is 5.95 Å². The quantitative estimate of drug-likeness (QED) is 0.390. The van der Waals surface area contributed by atoms with E-state index < -0.39 is 0 Å². The molecule has 0 saturated heterocycles. The topological polar surface area (TPSA) is 104 Å². The first-order valence-corrected chi connectivity index (χ1v) is 11.6. The second-order valence-electron chi connectivity index (χ2n) is 8.58. The van der Waals surface area contributed by atoms with Crippen molar-refractivity contribution < 1.29 is 14.3 Å². The average Bonchev–Trinajstić information content (AvgIpc) is 3.23. The molecule has 0 unspecified atom stereocenters. The SMILES string of the molecule is C=CCOc1cc([C@H]2CC(=O)Nc3c2c(C)nn3-c2nncc(-c3ccc(C)cc3)n2)ccc1OC. The fraction of sp³-hybridized carbons (Fsp3) is 0.222. The molecule has 2 aromatic carbocycles. The molecule has 36 heavy (non-hydrogen) atoms. The number of methoxy groups -OCH3 is 1. The Kier molecular flexibility index (Phi) is 6.20. The lowest BCUT2D eigenvalue weighted by Gasteiger charge is -2.25. The molecule has 9 heteroatoms. The molecule has 0 spiro atoms. The maximum absolute atomic E-state index is 12.8. The number of carbonyl (C=O) groups is 1. The monoisotopic (exact) mass is 482 g/mol. The lowest BCUT2D eigenvalue weighted by Crippen LogP contribution is -2.25. The van der Waals surface area contributed by atoms with Gasteiger partial charge < -0.3 is 14.8 Å². The van der Waals surface area contributed by atoms with Crippen molar-refractivity contribution >= 4 is 11.7 Å². The molecule has 0 saturated carbocycles. The summed E-state index contributed by atoms with van der Waals surface area (Å²) in [4.78, 5) is 17.5. The van der Waals surface area contributed by atoms with Gasteiger partial charge in [0.05, 0.1) is 24.7 Å². The zero-order chi connectivity index (χ0) is 25.2. The number of rotatable bonds is 7. The molecule has 0 fully saturated rings. The normalized spacial score (nSPS) is 14.6. The Hall–Kier alpha value is -4.53. The van der Waals surface area contributed by atoms with Crippen LogP contribution in [0.2, 0.25) is 0 Å². The van der Waals surface area contributed by atoms with Crippen molar-refractivity contribution in [2.24, 2.45) is 0 Å². The predicted molar refractivity (Wildman–Crippen MR) is 136 cm³/mol. The van der Waals surface area contributed by atoms with E-state index in [4.69, 9.17) is 14.6 Å². The van der Waals surface area contributed by atoms with Crippen LogP contribution in [0.1, 0.15) is 34.7 Å². The minimum atomic E-state index is -0.229. The van der Waals surface area contributed by atoms with E-state index in [2.05, 4.69) is 27.1 Å². The third-order valence-corrected chi connectivity index (χ3v) is 6.13. The van der Waals surface area contributed by atoms with E-state index in [0.29, 0.717) is 29.6 Å². The Labute approximate surface area is 208 Å². The lowest BCUT2D eigenvalue weighted by molar-refractivity contribution is -0.116. The van der Waals surface area contributed by atoms with Crippen molar-refractivity contribution in [3.8, 4) is 28.7 Å². The van der Waals surface area contributed by atoms with E-state index in [1.54, 1.807) is 24.1 Å². The van der Waals surface area contributed by atoms with Crippen LogP contribution in [0.4, 0.5) is 5.82 Å². The number of amides is 1. The third-order valence-electron chi connectivity index (χ3n) is 6.13. The minimum Gasteiger partial charge on any atom is -0.493 e. The van der Waals surface area contributed by atoms with Crippen molar-refractivity contribution in [2.75, 3.05) is 19.0 Å². The van der Waals surface area contributed by atoms with E-state index in [-0.39, 0.29) is 24.2 Å². The van der Waals surface area contributed by atoms with Crippen LogP contribution in [0, 0.1) is 13.8 Å². The first-order valence-electron chi connectivity index (χ1n) is 11.6. The Morgan fingerprint density at radius 2 is 1.97 bits per heavy atom. The van der Waals surface area contributed by atoms with E-state index in [0.717, 1.165) is 27.9 Å². The van der Waals surface area contributed by atoms with E-state index >= 15 is 0 Å². The van der Waals surface area contributed by atoms with Crippen molar-refractivity contribution in [3.63, 3.8) is 0 Å². The number of aryl methyl sites for hydroxylation is 2. The zero-order valence-electron chi connectivity index (χ0n) is 20.4. The molecular weight excluding hydrogens is 456 g/mol. The summed E-state index contributed by atoms with van der Waals surface area (Å²) in [6, 6.07) is 13.7. The number of benzene rings is 2. The van der Waals surface area contributed by atoms with Gasteiger partial charge in [-0.15, -0.1) is 5.10 Å². The van der Waals surface area contributed by atoms with Gasteiger partial charge in [0.2, 0.25) is 5.91 Å². The van der Waals surface area contributed by atoms with Crippen LogP contribution in [0.5, 0.6) is 11.5 Å². The molecule has 1 N–H and O–H groups in total. The van der Waals surface area contributed by atoms with E-state index in [1.165, 1.54) is 0 Å². The molecule has 1 aliphatic rings. The van der Waals surface area contributed by atoms with E-state index in [9.17, 15) is 4.79 Å². The Bertz CT molecular complexity index is 1440. The van der Waals surface area contributed by atoms with E-state index in [1.807, 2.05) is 56.3 Å². The predicted octanol–water partition coefficient (Wildman–Crippen LogP) is 4.39. The lowest BCUT2D eigenvalue weighted by atomic mass is 9.85. The van der Waals surface area contributed by atoms with Crippen molar-refractivity contribution in [1.82, 2.24) is 25.0 Å². The van der Waals surface area contributed by atoms with Gasteiger partial charge in [-0.05, 0) is 31.5 Å². The fourth-order valence-corrected chi connectivity index (χ4v) is 4.40. The number of ether oxygens (including phenoxy) is 2. The summed E-state index contributed by atoms with van der Waals surface area (Å²) >= 11 is 0. The Balaban J connectivity index is 1.57. The summed E-state index contributed by atoms with van der Waals surface area (Å²) in [5, 5.41) is 16.0. The molecule has 9 nitrogen and oxygen atoms in total. The standard InChI is InChI=1S/C27H26N6O3/c1-5-12-36-23-13-19(10-11-22(23)35-4)20-14-24(34)30-26-25(20)17(3)32-33(26)27-29-21(15-28-31-27)18-8-6-16(2)7-9-18/h5-11,13,15,20H,1,12,14H2,2-4H3,(H,30,34)/t20-/m1/s1. The van der Waals surface area contributed by atoms with Crippen molar-refractivity contribution in [2.45, 2.75) is 26.2 Å². The number of carbonyl (C=O) groups excluding carboxylic acids is 1. The van der Waals surface area contributed by atoms with Gasteiger partial charge in [-0.25, -0.2) is 4.98 Å². The van der Waals surface area contributed by atoms with Gasteiger partial charge in [0, 0.05) is 23.5 Å². The Morgan fingerprint density at radius 1 is 1.17 bits per heavy atom. The molecular formula is C27H26N6O3. The maximum atomic E-state index is 12.8. The van der Waals surface area contributed by atoms with Gasteiger partial charge in [-0.1, -0.05) is 48.6 Å². The summed E-state index contributed by atoms with van der Waals surface area (Å²) in [7, 11) is 1.59. The average molecular weight is 483 g/mol. The summed E-state index contributed by atoms with van der Waals surface area (Å²) in [6.45, 7) is 7.99. The number of aromatic nitrogens is 5. The van der Waals surface area contributed by atoms with Gasteiger partial charge >= 0.3 is 0 Å². The zero-order valence-corrected chi connectivity index (χ0v) is 20.4. The molecule has 1 aliphatic heterocycles. The number of anilines is 1. The highest BCUT2D eigenvalue weighted by Gasteiger charge is 2.33. The van der Waals surface area contributed by atoms with Crippen LogP contribution in [0.15, 0.2) is 61.3 Å². The van der Waals surface area contributed by atoms with Crippen molar-refractivity contribution in [3.05, 3.63) is 83.7 Å². The second-order valence-corrected chi connectivity index (χ2v) is 8.58. The van der Waals surface area contributed by atoms with Gasteiger partial charge in [0.1, 0.15) is 12.4 Å². The van der Waals surface area contributed by atoms with Gasteiger partial charge in [-0.2, -0.15) is 14.9 Å². The molecule has 182 valence electrons. The van der Waals surface area contributed by atoms with Crippen LogP contribution >= 0.6 is 0 Å². The number of nitrogens with zero attached hydrogens (tertiary/aromatic N) is 5. The van der Waals surface area contributed by atoms with Crippen LogP contribution in [-0.2, 0) is 4.79 Å². The second kappa shape index (κ2) is 9.61. The Morgan fingerprint density at radius 3 is 2.72 bits per heavy atom. The first kappa shape index (κ1) is 23.2. The smallest absolute Gasteiger partial charge is 0.272 e. The van der Waals surface area contributed by atoms with Gasteiger partial charge in [-0.3, -0.25) is 4.79 Å². The summed E-state index contributed by atoms with van der Waals surface area (Å²) < 4.78 is 12.8. The van der Waals surface area contributed by atoms with Gasteiger partial charge in [0.15, 0.2) is 11.5 Å². The third kappa shape index (κ3) is 4.31. The maximum Gasteiger partial charge on any atom is 0.272 e. The summed E-state index contributed by atoms with van der Waals surface area (Å²) in [5.74, 6) is 1.67. The fourth-order valence-electron chi connectivity index (χ4n) is 4.40. The highest BCUT2D eigenvalue weighted by atomic mass is 16.5. The molecule has 0 bridgehead atoms. The van der Waals surface area contributed by atoms with Crippen LogP contribution in [0.3, 0.4) is 0 Å². The minimum absolute atomic E-state index is 0.124. The molecule has 0 radical (unpaired) electrons. The molecule has 0 aliphatic carbocycles. The number of fused-ring (bicyclic) bond motifs is 1. The molecule has 3 heterocycles. The summed E-state index contributed by atoms with van der Waals surface area (Å²) in [5.41, 5.74) is 5.33. The molecule has 1 amide bonds. The largest absolute Gasteiger partial charge is 0.493 e.